The molecule has 0 aromatic carbocycles. The van der Waals surface area contributed by atoms with E-state index in [0.717, 1.165) is 11.6 Å². The van der Waals surface area contributed by atoms with Crippen molar-refractivity contribution in [2.75, 3.05) is 6.26 Å². The molecule has 2 heterocycles. The van der Waals surface area contributed by atoms with Gasteiger partial charge >= 0.3 is 5.97 Å². The third-order valence-electron chi connectivity index (χ3n) is 1.95. The van der Waals surface area contributed by atoms with Crippen LogP contribution < -0.4 is 0 Å². The van der Waals surface area contributed by atoms with Crippen LogP contribution >= 0.6 is 11.8 Å². The minimum Gasteiger partial charge on any atom is -0.478 e. The summed E-state index contributed by atoms with van der Waals surface area (Å²) >= 11 is 1.62. The van der Waals surface area contributed by atoms with E-state index in [4.69, 9.17) is 5.11 Å². The summed E-state index contributed by atoms with van der Waals surface area (Å²) in [5.74, 6) is 0.496. The lowest BCUT2D eigenvalue weighted by atomic mass is 10.2. The average Bonchev–Trinajstić information content (AvgIpc) is 2.59. The Balaban J connectivity index is 2.59. The molecule has 0 fully saturated rings. The third-order valence-corrected chi connectivity index (χ3v) is 2.51. The van der Waals surface area contributed by atoms with Gasteiger partial charge in [-0.1, -0.05) is 0 Å². The predicted octanol–water partition coefficient (Wildman–Crippen LogP) is 1.52. The number of carbonyl (C=O) groups is 1. The van der Waals surface area contributed by atoms with Crippen molar-refractivity contribution < 1.29 is 9.90 Å². The summed E-state index contributed by atoms with van der Waals surface area (Å²) in [4.78, 5) is 22.1. The molecule has 0 aliphatic rings. The number of carboxylic acid groups (broad SMARTS) is 1. The number of aromatic carboxylic acids is 1. The van der Waals surface area contributed by atoms with E-state index in [0.29, 0.717) is 11.2 Å². The first kappa shape index (κ1) is 9.97. The van der Waals surface area contributed by atoms with Gasteiger partial charge in [-0.05, 0) is 12.3 Å². The van der Waals surface area contributed by atoms with Gasteiger partial charge in [-0.3, -0.25) is 0 Å². The van der Waals surface area contributed by atoms with Gasteiger partial charge in [0.15, 0.2) is 5.65 Å². The van der Waals surface area contributed by atoms with Gasteiger partial charge in [0, 0.05) is 6.20 Å². The van der Waals surface area contributed by atoms with Crippen molar-refractivity contribution in [3.8, 4) is 0 Å². The summed E-state index contributed by atoms with van der Waals surface area (Å²) in [6.45, 7) is 0. The maximum absolute atomic E-state index is 10.9. The molecule has 0 unspecified atom stereocenters. The molecule has 0 aliphatic carbocycles. The van der Waals surface area contributed by atoms with Crippen molar-refractivity contribution in [2.24, 2.45) is 0 Å². The maximum atomic E-state index is 10.9. The second-order valence-corrected chi connectivity index (χ2v) is 3.84. The van der Waals surface area contributed by atoms with Gasteiger partial charge < -0.3 is 10.1 Å². The second-order valence-electron chi connectivity index (χ2n) is 2.98. The summed E-state index contributed by atoms with van der Waals surface area (Å²) < 4.78 is 0. The number of nitrogens with one attached hydrogen (secondary N) is 1. The molecule has 0 atom stereocenters. The molecule has 0 saturated carbocycles. The SMILES string of the molecule is CSCc1nc2nccc(C(=O)O)c2[nH]1. The Hall–Kier alpha value is -1.56. The van der Waals surface area contributed by atoms with Gasteiger partial charge in [0.2, 0.25) is 0 Å². The molecule has 0 saturated heterocycles. The largest absolute Gasteiger partial charge is 0.478 e. The van der Waals surface area contributed by atoms with Crippen LogP contribution in [0.5, 0.6) is 0 Å². The van der Waals surface area contributed by atoms with Gasteiger partial charge in [0.1, 0.15) is 5.82 Å². The molecule has 0 radical (unpaired) electrons. The van der Waals surface area contributed by atoms with E-state index >= 15 is 0 Å². The lowest BCUT2D eigenvalue weighted by molar-refractivity contribution is 0.0699. The number of aromatic amines is 1. The fraction of sp³-hybridized carbons (Fsp3) is 0.222. The second kappa shape index (κ2) is 3.90. The predicted molar refractivity (Wildman–Crippen MR) is 58.1 cm³/mol. The van der Waals surface area contributed by atoms with Crippen molar-refractivity contribution in [1.82, 2.24) is 15.0 Å². The Kier molecular flexibility index (Phi) is 2.59. The number of carboxylic acids is 1. The van der Waals surface area contributed by atoms with Gasteiger partial charge in [0.25, 0.3) is 0 Å². The molecule has 2 rings (SSSR count). The minimum absolute atomic E-state index is 0.208. The highest BCUT2D eigenvalue weighted by Gasteiger charge is 2.12. The lowest BCUT2D eigenvalue weighted by Gasteiger charge is -1.93. The van der Waals surface area contributed by atoms with Crippen molar-refractivity contribution in [2.45, 2.75) is 5.75 Å². The molecule has 0 amide bonds. The number of thioether (sulfide) groups is 1. The highest BCUT2D eigenvalue weighted by Crippen LogP contribution is 2.16. The lowest BCUT2D eigenvalue weighted by Crippen LogP contribution is -1.97. The van der Waals surface area contributed by atoms with E-state index in [2.05, 4.69) is 15.0 Å². The highest BCUT2D eigenvalue weighted by atomic mass is 32.2. The molecule has 0 spiro atoms. The zero-order valence-corrected chi connectivity index (χ0v) is 8.84. The zero-order valence-electron chi connectivity index (χ0n) is 8.02. The topological polar surface area (TPSA) is 78.9 Å². The zero-order chi connectivity index (χ0) is 10.8. The van der Waals surface area contributed by atoms with Crippen LogP contribution in [0.3, 0.4) is 0 Å². The maximum Gasteiger partial charge on any atom is 0.338 e. The number of rotatable bonds is 3. The Morgan fingerprint density at radius 3 is 3.13 bits per heavy atom. The smallest absolute Gasteiger partial charge is 0.338 e. The van der Waals surface area contributed by atoms with Crippen LogP contribution in [0.25, 0.3) is 11.2 Å². The molecule has 6 heteroatoms. The normalized spacial score (nSPS) is 10.7. The average molecular weight is 223 g/mol. The number of aromatic nitrogens is 3. The van der Waals surface area contributed by atoms with Crippen molar-refractivity contribution in [3.63, 3.8) is 0 Å². The van der Waals surface area contributed by atoms with Crippen molar-refractivity contribution >= 4 is 28.9 Å². The summed E-state index contributed by atoms with van der Waals surface area (Å²) in [7, 11) is 0. The Morgan fingerprint density at radius 1 is 1.67 bits per heavy atom. The van der Waals surface area contributed by atoms with Crippen molar-refractivity contribution in [1.29, 1.82) is 0 Å². The third kappa shape index (κ3) is 1.80. The van der Waals surface area contributed by atoms with E-state index in [1.54, 1.807) is 11.8 Å². The van der Waals surface area contributed by atoms with Crippen LogP contribution in [0.4, 0.5) is 0 Å². The van der Waals surface area contributed by atoms with E-state index in [-0.39, 0.29) is 5.56 Å². The molecular formula is C9H9N3O2S. The Bertz CT molecular complexity index is 509. The van der Waals surface area contributed by atoms with Crippen LogP contribution in [0, 0.1) is 0 Å². The van der Waals surface area contributed by atoms with Crippen LogP contribution in [-0.4, -0.2) is 32.3 Å². The number of imidazole rings is 1. The number of fused-ring (bicyclic) bond motifs is 1. The van der Waals surface area contributed by atoms with E-state index in [9.17, 15) is 4.79 Å². The highest BCUT2D eigenvalue weighted by molar-refractivity contribution is 7.97. The summed E-state index contributed by atoms with van der Waals surface area (Å²) in [6.07, 6.45) is 3.41. The first-order valence-electron chi connectivity index (χ1n) is 4.28. The molecule has 78 valence electrons. The van der Waals surface area contributed by atoms with Crippen LogP contribution in [0.1, 0.15) is 16.2 Å². The van der Waals surface area contributed by atoms with E-state index in [1.165, 1.54) is 12.3 Å². The fourth-order valence-corrected chi connectivity index (χ4v) is 1.75. The van der Waals surface area contributed by atoms with Gasteiger partial charge in [0.05, 0.1) is 16.8 Å². The molecular weight excluding hydrogens is 214 g/mol. The molecule has 0 aliphatic heterocycles. The summed E-state index contributed by atoms with van der Waals surface area (Å²) in [5.41, 5.74) is 1.16. The monoisotopic (exact) mass is 223 g/mol. The van der Waals surface area contributed by atoms with Crippen LogP contribution in [0.15, 0.2) is 12.3 Å². The quantitative estimate of drug-likeness (QED) is 0.824. The van der Waals surface area contributed by atoms with E-state index in [1.807, 2.05) is 6.26 Å². The fourth-order valence-electron chi connectivity index (χ4n) is 1.34. The van der Waals surface area contributed by atoms with Crippen LogP contribution in [0.2, 0.25) is 0 Å². The molecule has 2 aromatic heterocycles. The number of pyridine rings is 1. The molecule has 15 heavy (non-hydrogen) atoms. The summed E-state index contributed by atoms with van der Waals surface area (Å²) in [5, 5.41) is 8.94. The summed E-state index contributed by atoms with van der Waals surface area (Å²) in [6, 6.07) is 1.46. The number of H-pyrrole nitrogens is 1. The first-order valence-corrected chi connectivity index (χ1v) is 5.67. The van der Waals surface area contributed by atoms with Gasteiger partial charge in [-0.25, -0.2) is 14.8 Å². The van der Waals surface area contributed by atoms with Crippen molar-refractivity contribution in [3.05, 3.63) is 23.7 Å². The Labute approximate surface area is 89.9 Å². The Morgan fingerprint density at radius 2 is 2.47 bits per heavy atom. The number of hydrogen-bond donors (Lipinski definition) is 2. The molecule has 0 bridgehead atoms. The molecule has 5 nitrogen and oxygen atoms in total. The van der Waals surface area contributed by atoms with E-state index < -0.39 is 5.97 Å². The first-order chi connectivity index (χ1) is 7.22. The van der Waals surface area contributed by atoms with Crippen LogP contribution in [-0.2, 0) is 5.75 Å². The molecule has 2 N–H and O–H groups in total. The molecule has 2 aromatic rings. The number of hydrogen-bond acceptors (Lipinski definition) is 4. The standard InChI is InChI=1S/C9H9N3O2S/c1-15-4-6-11-7-5(9(13)14)2-3-10-8(7)12-6/h2-3H,4H2,1H3,(H,13,14)(H,10,11,12). The minimum atomic E-state index is -0.971. The van der Waals surface area contributed by atoms with Gasteiger partial charge in [-0.15, -0.1) is 0 Å². The number of nitrogens with zero attached hydrogens (tertiary/aromatic N) is 2. The van der Waals surface area contributed by atoms with Gasteiger partial charge in [-0.2, -0.15) is 11.8 Å².